The molecule has 0 bridgehead atoms. The van der Waals surface area contributed by atoms with Gasteiger partial charge in [0.1, 0.15) is 0 Å². The van der Waals surface area contributed by atoms with Crippen molar-refractivity contribution < 1.29 is 9.90 Å². The molecule has 0 spiro atoms. The highest BCUT2D eigenvalue weighted by Crippen LogP contribution is 2.19. The summed E-state index contributed by atoms with van der Waals surface area (Å²) in [5.74, 6) is -0.838. The summed E-state index contributed by atoms with van der Waals surface area (Å²) in [6.07, 6.45) is 2.49. The molecule has 0 saturated heterocycles. The Morgan fingerprint density at radius 3 is 2.32 bits per heavy atom. The second-order valence-corrected chi connectivity index (χ2v) is 5.79. The minimum Gasteiger partial charge on any atom is -0.478 e. The van der Waals surface area contributed by atoms with E-state index in [0.29, 0.717) is 5.56 Å². The van der Waals surface area contributed by atoms with Crippen molar-refractivity contribution in [3.05, 3.63) is 70.8 Å². The van der Waals surface area contributed by atoms with Crippen molar-refractivity contribution in [1.29, 1.82) is 0 Å². The third-order valence-electron chi connectivity index (χ3n) is 3.84. The van der Waals surface area contributed by atoms with Gasteiger partial charge in [0.15, 0.2) is 0 Å². The maximum absolute atomic E-state index is 11.5. The Balaban J connectivity index is 2.23. The maximum atomic E-state index is 11.5. The van der Waals surface area contributed by atoms with Gasteiger partial charge in [0.05, 0.1) is 5.56 Å². The first-order valence-corrected chi connectivity index (χ1v) is 7.60. The predicted octanol–water partition coefficient (Wildman–Crippen LogP) is 3.27. The molecular formula is C19H23NO2. The third kappa shape index (κ3) is 4.43. The molecule has 2 rings (SSSR count). The van der Waals surface area contributed by atoms with Crippen molar-refractivity contribution >= 4 is 5.97 Å². The molecule has 0 atom stereocenters. The first kappa shape index (κ1) is 16.2. The van der Waals surface area contributed by atoms with Crippen molar-refractivity contribution in [2.45, 2.75) is 19.3 Å². The molecule has 0 aromatic heterocycles. The van der Waals surface area contributed by atoms with E-state index in [-0.39, 0.29) is 0 Å². The van der Waals surface area contributed by atoms with Crippen LogP contribution in [-0.2, 0) is 19.3 Å². The molecule has 0 amide bonds. The van der Waals surface area contributed by atoms with E-state index in [1.54, 1.807) is 6.07 Å². The number of rotatable bonds is 7. The SMILES string of the molecule is CN(C)CCc1cccc(C(=O)O)c1CCc1ccccc1. The Bertz CT molecular complexity index is 621. The molecule has 0 unspecified atom stereocenters. The summed E-state index contributed by atoms with van der Waals surface area (Å²) in [4.78, 5) is 13.6. The lowest BCUT2D eigenvalue weighted by Crippen LogP contribution is -2.17. The Kier molecular flexibility index (Phi) is 5.73. The van der Waals surface area contributed by atoms with Gasteiger partial charge in [-0.15, -0.1) is 0 Å². The van der Waals surface area contributed by atoms with Crippen molar-refractivity contribution in [1.82, 2.24) is 4.90 Å². The summed E-state index contributed by atoms with van der Waals surface area (Å²) >= 11 is 0. The highest BCUT2D eigenvalue weighted by atomic mass is 16.4. The Morgan fingerprint density at radius 2 is 1.68 bits per heavy atom. The molecule has 0 radical (unpaired) electrons. The zero-order valence-corrected chi connectivity index (χ0v) is 13.2. The first-order valence-electron chi connectivity index (χ1n) is 7.60. The van der Waals surface area contributed by atoms with E-state index in [2.05, 4.69) is 23.1 Å². The van der Waals surface area contributed by atoms with Gasteiger partial charge in [-0.2, -0.15) is 0 Å². The van der Waals surface area contributed by atoms with Gasteiger partial charge >= 0.3 is 5.97 Å². The van der Waals surface area contributed by atoms with Crippen molar-refractivity contribution in [3.8, 4) is 0 Å². The molecule has 116 valence electrons. The van der Waals surface area contributed by atoms with E-state index in [1.807, 2.05) is 38.4 Å². The normalized spacial score (nSPS) is 10.9. The van der Waals surface area contributed by atoms with Crippen LogP contribution in [0.25, 0.3) is 0 Å². The molecule has 22 heavy (non-hydrogen) atoms. The van der Waals surface area contributed by atoms with Gasteiger partial charge in [-0.1, -0.05) is 42.5 Å². The largest absolute Gasteiger partial charge is 0.478 e. The van der Waals surface area contributed by atoms with Gasteiger partial charge in [0.25, 0.3) is 0 Å². The topological polar surface area (TPSA) is 40.5 Å². The zero-order valence-electron chi connectivity index (χ0n) is 13.2. The van der Waals surface area contributed by atoms with Crippen LogP contribution in [-0.4, -0.2) is 36.6 Å². The highest BCUT2D eigenvalue weighted by molar-refractivity contribution is 5.89. The summed E-state index contributed by atoms with van der Waals surface area (Å²) in [6.45, 7) is 0.918. The quantitative estimate of drug-likeness (QED) is 0.852. The Hall–Kier alpha value is -2.13. The molecule has 3 nitrogen and oxygen atoms in total. The molecule has 0 heterocycles. The van der Waals surface area contributed by atoms with Crippen LogP contribution in [0.4, 0.5) is 0 Å². The smallest absolute Gasteiger partial charge is 0.335 e. The fourth-order valence-corrected chi connectivity index (χ4v) is 2.62. The summed E-state index contributed by atoms with van der Waals surface area (Å²) in [7, 11) is 4.06. The molecule has 2 aromatic carbocycles. The molecule has 0 aliphatic carbocycles. The summed E-state index contributed by atoms with van der Waals surface area (Å²) in [5, 5.41) is 9.45. The second kappa shape index (κ2) is 7.76. The zero-order chi connectivity index (χ0) is 15.9. The van der Waals surface area contributed by atoms with Crippen LogP contribution in [0, 0.1) is 0 Å². The van der Waals surface area contributed by atoms with Crippen LogP contribution in [0.3, 0.4) is 0 Å². The van der Waals surface area contributed by atoms with E-state index in [0.717, 1.165) is 36.9 Å². The number of nitrogens with zero attached hydrogens (tertiary/aromatic N) is 1. The lowest BCUT2D eigenvalue weighted by molar-refractivity contribution is 0.0695. The van der Waals surface area contributed by atoms with E-state index >= 15 is 0 Å². The fourth-order valence-electron chi connectivity index (χ4n) is 2.62. The Labute approximate surface area is 132 Å². The van der Waals surface area contributed by atoms with Crippen LogP contribution in [0.2, 0.25) is 0 Å². The number of benzene rings is 2. The fraction of sp³-hybridized carbons (Fsp3) is 0.316. The van der Waals surface area contributed by atoms with E-state index in [1.165, 1.54) is 5.56 Å². The number of likely N-dealkylation sites (N-methyl/N-ethyl adjacent to an activating group) is 1. The number of hydrogen-bond donors (Lipinski definition) is 1. The van der Waals surface area contributed by atoms with Gasteiger partial charge in [-0.3, -0.25) is 0 Å². The van der Waals surface area contributed by atoms with Crippen molar-refractivity contribution in [3.63, 3.8) is 0 Å². The van der Waals surface area contributed by atoms with Crippen molar-refractivity contribution in [2.24, 2.45) is 0 Å². The molecular weight excluding hydrogens is 274 g/mol. The molecule has 0 aliphatic rings. The molecule has 0 aliphatic heterocycles. The third-order valence-corrected chi connectivity index (χ3v) is 3.84. The molecule has 0 fully saturated rings. The molecule has 0 saturated carbocycles. The number of aromatic carboxylic acids is 1. The van der Waals surface area contributed by atoms with Crippen LogP contribution < -0.4 is 0 Å². The number of carboxylic acid groups (broad SMARTS) is 1. The number of carbonyl (C=O) groups is 1. The van der Waals surface area contributed by atoms with Crippen LogP contribution in [0.15, 0.2) is 48.5 Å². The molecule has 3 heteroatoms. The van der Waals surface area contributed by atoms with Crippen LogP contribution >= 0.6 is 0 Å². The minimum absolute atomic E-state index is 0.437. The molecule has 1 N–H and O–H groups in total. The van der Waals surface area contributed by atoms with E-state index in [9.17, 15) is 9.90 Å². The highest BCUT2D eigenvalue weighted by Gasteiger charge is 2.14. The van der Waals surface area contributed by atoms with E-state index < -0.39 is 5.97 Å². The maximum Gasteiger partial charge on any atom is 0.335 e. The van der Waals surface area contributed by atoms with Gasteiger partial charge < -0.3 is 10.0 Å². The van der Waals surface area contributed by atoms with E-state index in [4.69, 9.17) is 0 Å². The van der Waals surface area contributed by atoms with Gasteiger partial charge in [-0.05, 0) is 56.1 Å². The standard InChI is InChI=1S/C19H23NO2/c1-20(2)14-13-16-9-6-10-18(19(21)22)17(16)12-11-15-7-4-3-5-8-15/h3-10H,11-14H2,1-2H3,(H,21,22). The summed E-state index contributed by atoms with van der Waals surface area (Å²) in [6, 6.07) is 15.8. The first-order chi connectivity index (χ1) is 10.6. The lowest BCUT2D eigenvalue weighted by Gasteiger charge is -2.15. The average molecular weight is 297 g/mol. The van der Waals surface area contributed by atoms with Gasteiger partial charge in [0.2, 0.25) is 0 Å². The number of carboxylic acids is 1. The van der Waals surface area contributed by atoms with Crippen LogP contribution in [0.1, 0.15) is 27.0 Å². The second-order valence-electron chi connectivity index (χ2n) is 5.79. The predicted molar refractivity (Wildman–Crippen MR) is 89.5 cm³/mol. The lowest BCUT2D eigenvalue weighted by atomic mass is 9.93. The Morgan fingerprint density at radius 1 is 0.955 bits per heavy atom. The van der Waals surface area contributed by atoms with Crippen LogP contribution in [0.5, 0.6) is 0 Å². The van der Waals surface area contributed by atoms with Crippen molar-refractivity contribution in [2.75, 3.05) is 20.6 Å². The number of hydrogen-bond acceptors (Lipinski definition) is 2. The average Bonchev–Trinajstić information content (AvgIpc) is 2.51. The summed E-state index contributed by atoms with van der Waals surface area (Å²) in [5.41, 5.74) is 3.79. The summed E-state index contributed by atoms with van der Waals surface area (Å²) < 4.78 is 0. The molecule has 2 aromatic rings. The van der Waals surface area contributed by atoms with Gasteiger partial charge in [0, 0.05) is 6.54 Å². The minimum atomic E-state index is -0.838. The number of aryl methyl sites for hydroxylation is 1. The monoisotopic (exact) mass is 297 g/mol. The van der Waals surface area contributed by atoms with Gasteiger partial charge in [-0.25, -0.2) is 4.79 Å².